The Hall–Kier alpha value is -3.36. The second kappa shape index (κ2) is 12.3. The fourth-order valence-corrected chi connectivity index (χ4v) is 4.57. The van der Waals surface area contributed by atoms with Crippen LogP contribution in [0.3, 0.4) is 0 Å². The zero-order chi connectivity index (χ0) is 26.4. The SMILES string of the molecule is COc1c(Cl)ccc(Cl)c1C(=O)NCc1ccccc1.Cc1nnc2ccc(N3CCC(C)CC3)nn12. The number of rotatable bonds is 5. The molecule has 5 rings (SSSR count). The van der Waals surface area contributed by atoms with Gasteiger partial charge in [0, 0.05) is 19.6 Å². The van der Waals surface area contributed by atoms with Crippen molar-refractivity contribution in [3.63, 3.8) is 0 Å². The lowest BCUT2D eigenvalue weighted by atomic mass is 9.99. The van der Waals surface area contributed by atoms with E-state index in [9.17, 15) is 4.79 Å². The lowest BCUT2D eigenvalue weighted by Gasteiger charge is -2.30. The van der Waals surface area contributed by atoms with Gasteiger partial charge in [-0.15, -0.1) is 15.3 Å². The van der Waals surface area contributed by atoms with Crippen molar-refractivity contribution in [1.82, 2.24) is 25.1 Å². The standard InChI is InChI=1S/C15H13Cl2NO2.C12H17N5/c1-20-14-12(17)8-7-11(16)13(14)15(19)18-9-10-5-3-2-4-6-10;1-9-5-7-16(8-6-9)12-4-3-11-14-13-10(2)17(11)15-12/h2-8H,9H2,1H3,(H,18,19);3-4,9H,5-8H2,1-2H3. The lowest BCUT2D eigenvalue weighted by molar-refractivity contribution is 0.0948. The van der Waals surface area contributed by atoms with Crippen LogP contribution < -0.4 is 15.0 Å². The quantitative estimate of drug-likeness (QED) is 0.354. The van der Waals surface area contributed by atoms with E-state index in [-0.39, 0.29) is 17.2 Å². The summed E-state index contributed by atoms with van der Waals surface area (Å²) in [5.74, 6) is 2.68. The molecule has 0 radical (unpaired) electrons. The molecule has 1 aliphatic heterocycles. The Morgan fingerprint density at radius 3 is 2.43 bits per heavy atom. The van der Waals surface area contributed by atoms with Gasteiger partial charge in [-0.05, 0) is 55.5 Å². The number of halogens is 2. The summed E-state index contributed by atoms with van der Waals surface area (Å²) in [6.07, 6.45) is 2.50. The Balaban J connectivity index is 0.000000175. The van der Waals surface area contributed by atoms with E-state index in [1.165, 1.54) is 20.0 Å². The van der Waals surface area contributed by atoms with E-state index in [4.69, 9.17) is 27.9 Å². The number of benzene rings is 2. The van der Waals surface area contributed by atoms with E-state index < -0.39 is 0 Å². The van der Waals surface area contributed by atoms with E-state index in [1.54, 1.807) is 12.1 Å². The Kier molecular flexibility index (Phi) is 8.84. The van der Waals surface area contributed by atoms with Gasteiger partial charge in [-0.3, -0.25) is 4.79 Å². The van der Waals surface area contributed by atoms with Gasteiger partial charge in [-0.25, -0.2) is 0 Å². The molecule has 1 aliphatic rings. The first-order chi connectivity index (χ1) is 17.9. The van der Waals surface area contributed by atoms with Gasteiger partial charge in [0.2, 0.25) is 0 Å². The summed E-state index contributed by atoms with van der Waals surface area (Å²) in [6.45, 7) is 6.85. The Morgan fingerprint density at radius 1 is 1.03 bits per heavy atom. The maximum absolute atomic E-state index is 12.2. The predicted molar refractivity (Wildman–Crippen MR) is 147 cm³/mol. The van der Waals surface area contributed by atoms with Crippen LogP contribution in [0.4, 0.5) is 5.82 Å². The number of nitrogens with zero attached hydrogens (tertiary/aromatic N) is 5. The highest BCUT2D eigenvalue weighted by Gasteiger charge is 2.19. The lowest BCUT2D eigenvalue weighted by Crippen LogP contribution is -2.33. The second-order valence-electron chi connectivity index (χ2n) is 8.98. The maximum Gasteiger partial charge on any atom is 0.256 e. The third-order valence-corrected chi connectivity index (χ3v) is 6.91. The summed E-state index contributed by atoms with van der Waals surface area (Å²) in [6, 6.07) is 16.8. The average Bonchev–Trinajstić information content (AvgIpc) is 3.29. The van der Waals surface area contributed by atoms with Crippen LogP contribution in [-0.2, 0) is 6.54 Å². The number of hydrogen-bond acceptors (Lipinski definition) is 6. The van der Waals surface area contributed by atoms with Crippen LogP contribution >= 0.6 is 23.2 Å². The van der Waals surface area contributed by atoms with Crippen LogP contribution in [0, 0.1) is 12.8 Å². The van der Waals surface area contributed by atoms with Crippen LogP contribution in [0.25, 0.3) is 5.65 Å². The molecule has 0 unspecified atom stereocenters. The minimum absolute atomic E-state index is 0.248. The first-order valence-electron chi connectivity index (χ1n) is 12.2. The summed E-state index contributed by atoms with van der Waals surface area (Å²) in [7, 11) is 1.45. The smallest absolute Gasteiger partial charge is 0.256 e. The van der Waals surface area contributed by atoms with Crippen LogP contribution in [0.1, 0.15) is 41.5 Å². The number of piperidine rings is 1. The number of hydrogen-bond donors (Lipinski definition) is 1. The van der Waals surface area contributed by atoms with Gasteiger partial charge < -0.3 is 15.0 Å². The monoisotopic (exact) mass is 540 g/mol. The first kappa shape index (κ1) is 26.7. The first-order valence-corrected chi connectivity index (χ1v) is 12.9. The molecule has 10 heteroatoms. The zero-order valence-electron chi connectivity index (χ0n) is 21.1. The summed E-state index contributed by atoms with van der Waals surface area (Å²) in [4.78, 5) is 14.6. The van der Waals surface area contributed by atoms with Gasteiger partial charge in [0.15, 0.2) is 17.2 Å². The van der Waals surface area contributed by atoms with Crippen LogP contribution in [0.15, 0.2) is 54.6 Å². The number of methoxy groups -OCH3 is 1. The number of carbonyl (C=O) groups is 1. The molecule has 1 saturated heterocycles. The maximum atomic E-state index is 12.2. The molecule has 1 fully saturated rings. The highest BCUT2D eigenvalue weighted by atomic mass is 35.5. The van der Waals surface area contributed by atoms with Gasteiger partial charge >= 0.3 is 0 Å². The van der Waals surface area contributed by atoms with Crippen LogP contribution in [0.2, 0.25) is 10.0 Å². The Labute approximate surface area is 226 Å². The van der Waals surface area contributed by atoms with Crippen LogP contribution in [-0.4, -0.2) is 45.9 Å². The van der Waals surface area contributed by atoms with Gasteiger partial charge in [0.25, 0.3) is 5.91 Å². The van der Waals surface area contributed by atoms with E-state index >= 15 is 0 Å². The molecule has 1 amide bonds. The Morgan fingerprint density at radius 2 is 1.73 bits per heavy atom. The molecule has 2 aromatic carbocycles. The number of aryl methyl sites for hydroxylation is 1. The third kappa shape index (κ3) is 6.50. The predicted octanol–water partition coefficient (Wildman–Crippen LogP) is 5.60. The molecular formula is C27H30Cl2N6O2. The Bertz CT molecular complexity index is 1350. The molecule has 0 aliphatic carbocycles. The normalized spacial score (nSPS) is 13.7. The van der Waals surface area contributed by atoms with E-state index in [2.05, 4.69) is 32.4 Å². The molecule has 0 saturated carbocycles. The number of anilines is 1. The summed E-state index contributed by atoms with van der Waals surface area (Å²) >= 11 is 12.1. The number of nitrogens with one attached hydrogen (secondary N) is 1. The molecular weight excluding hydrogens is 511 g/mol. The van der Waals surface area contributed by atoms with Crippen molar-refractivity contribution in [2.45, 2.75) is 33.2 Å². The van der Waals surface area contributed by atoms with Gasteiger partial charge in [0.1, 0.15) is 11.4 Å². The van der Waals surface area contributed by atoms with E-state index in [0.717, 1.165) is 41.9 Å². The summed E-state index contributed by atoms with van der Waals surface area (Å²) in [5, 5.41) is 16.1. The molecule has 2 aromatic heterocycles. The number of aromatic nitrogens is 4. The number of carbonyl (C=O) groups excluding carboxylic acids is 1. The molecule has 1 N–H and O–H groups in total. The number of fused-ring (bicyclic) bond motifs is 1. The molecule has 8 nitrogen and oxygen atoms in total. The summed E-state index contributed by atoms with van der Waals surface area (Å²) < 4.78 is 6.97. The van der Waals surface area contributed by atoms with E-state index in [0.29, 0.717) is 16.6 Å². The largest absolute Gasteiger partial charge is 0.494 e. The highest BCUT2D eigenvalue weighted by Crippen LogP contribution is 2.33. The van der Waals surface area contributed by atoms with Gasteiger partial charge in [-0.2, -0.15) is 4.52 Å². The molecule has 0 atom stereocenters. The van der Waals surface area contributed by atoms with E-state index in [1.807, 2.05) is 53.9 Å². The van der Waals surface area contributed by atoms with Crippen molar-refractivity contribution in [2.24, 2.45) is 5.92 Å². The molecule has 0 bridgehead atoms. The van der Waals surface area contributed by atoms with Gasteiger partial charge in [0.05, 0.1) is 17.2 Å². The van der Waals surface area contributed by atoms with Crippen molar-refractivity contribution in [2.75, 3.05) is 25.1 Å². The molecule has 3 heterocycles. The third-order valence-electron chi connectivity index (χ3n) is 6.30. The van der Waals surface area contributed by atoms with Crippen molar-refractivity contribution >= 4 is 40.6 Å². The van der Waals surface area contributed by atoms with Crippen molar-refractivity contribution < 1.29 is 9.53 Å². The second-order valence-corrected chi connectivity index (χ2v) is 9.80. The average molecular weight is 541 g/mol. The van der Waals surface area contributed by atoms with Crippen molar-refractivity contribution in [3.05, 3.63) is 81.6 Å². The number of amides is 1. The highest BCUT2D eigenvalue weighted by molar-refractivity contribution is 6.37. The number of ether oxygens (including phenoxy) is 1. The minimum atomic E-state index is -0.321. The molecule has 4 aromatic rings. The zero-order valence-corrected chi connectivity index (χ0v) is 22.6. The molecule has 0 spiro atoms. The van der Waals surface area contributed by atoms with Crippen molar-refractivity contribution in [3.8, 4) is 5.75 Å². The van der Waals surface area contributed by atoms with Crippen LogP contribution in [0.5, 0.6) is 5.75 Å². The minimum Gasteiger partial charge on any atom is -0.494 e. The fraction of sp³-hybridized carbons (Fsp3) is 0.333. The molecule has 37 heavy (non-hydrogen) atoms. The molecule has 194 valence electrons. The topological polar surface area (TPSA) is 84.6 Å². The van der Waals surface area contributed by atoms with Gasteiger partial charge in [-0.1, -0.05) is 60.5 Å². The summed E-state index contributed by atoms with van der Waals surface area (Å²) in [5.41, 5.74) is 2.06. The van der Waals surface area contributed by atoms with Crippen molar-refractivity contribution in [1.29, 1.82) is 0 Å². The fourth-order valence-electron chi connectivity index (χ4n) is 4.10.